The van der Waals surface area contributed by atoms with Gasteiger partial charge in [-0.15, -0.1) is 0 Å². The van der Waals surface area contributed by atoms with Crippen LogP contribution >= 0.6 is 0 Å². The van der Waals surface area contributed by atoms with E-state index in [1.54, 1.807) is 0 Å². The molecule has 17 heavy (non-hydrogen) atoms. The van der Waals surface area contributed by atoms with Gasteiger partial charge in [-0.2, -0.15) is 0 Å². The van der Waals surface area contributed by atoms with Crippen LogP contribution in [0.15, 0.2) is 70.2 Å². The Balaban J connectivity index is 0.000000180. The Hall–Kier alpha value is -2.33. The number of H-pyrrole nitrogens is 1. The molecule has 1 heterocycles. The van der Waals surface area contributed by atoms with Crippen molar-refractivity contribution < 1.29 is 9.89 Å². The summed E-state index contributed by atoms with van der Waals surface area (Å²) in [6, 6.07) is 16.7. The topological polar surface area (TPSA) is 77.5 Å². The first-order valence-electron chi connectivity index (χ1n) is 4.92. The van der Waals surface area contributed by atoms with Crippen LogP contribution in [0.1, 0.15) is 0 Å². The minimum atomic E-state index is -0.407. The van der Waals surface area contributed by atoms with Gasteiger partial charge in [-0.25, -0.2) is 4.79 Å². The normalized spacial score (nSPS) is 8.94. The number of oxazole rings is 1. The van der Waals surface area contributed by atoms with Crippen LogP contribution in [-0.2, 0) is 0 Å². The molecule has 0 radical (unpaired) electrons. The average Bonchev–Trinajstić information content (AvgIpc) is 2.81. The largest absolute Gasteiger partial charge is 0.417 e. The maximum Gasteiger partial charge on any atom is 0.416 e. The van der Waals surface area contributed by atoms with Gasteiger partial charge in [0, 0.05) is 6.20 Å². The smallest absolute Gasteiger partial charge is 0.416 e. The quantitative estimate of drug-likeness (QED) is 0.642. The molecule has 3 aromatic rings. The molecular formula is C13H13NO3. The molecule has 0 spiro atoms. The van der Waals surface area contributed by atoms with Gasteiger partial charge in [-0.3, -0.25) is 4.98 Å². The fourth-order valence-electron chi connectivity index (χ4n) is 1.36. The highest BCUT2D eigenvalue weighted by Crippen LogP contribution is 2.11. The molecule has 0 aliphatic rings. The van der Waals surface area contributed by atoms with Crippen LogP contribution in [0.3, 0.4) is 0 Å². The minimum Gasteiger partial charge on any atom is -0.417 e. The number of rotatable bonds is 0. The Morgan fingerprint density at radius 2 is 1.35 bits per heavy atom. The van der Waals surface area contributed by atoms with Crippen molar-refractivity contribution in [3.63, 3.8) is 0 Å². The second-order valence-corrected chi connectivity index (χ2v) is 3.20. The summed E-state index contributed by atoms with van der Waals surface area (Å²) in [7, 11) is 0. The van der Waals surface area contributed by atoms with E-state index < -0.39 is 5.76 Å². The van der Waals surface area contributed by atoms with Gasteiger partial charge in [0.15, 0.2) is 0 Å². The van der Waals surface area contributed by atoms with E-state index in [4.69, 9.17) is 0 Å². The van der Waals surface area contributed by atoms with Crippen LogP contribution in [0.25, 0.3) is 10.8 Å². The molecule has 0 fully saturated rings. The molecule has 0 atom stereocenters. The highest BCUT2D eigenvalue weighted by Gasteiger charge is 1.85. The van der Waals surface area contributed by atoms with Crippen LogP contribution < -0.4 is 5.76 Å². The lowest BCUT2D eigenvalue weighted by Gasteiger charge is -1.92. The lowest BCUT2D eigenvalue weighted by Crippen LogP contribution is -1.91. The van der Waals surface area contributed by atoms with Crippen LogP contribution in [0.4, 0.5) is 0 Å². The molecule has 1 aromatic heterocycles. The van der Waals surface area contributed by atoms with Gasteiger partial charge < -0.3 is 9.89 Å². The van der Waals surface area contributed by atoms with Gasteiger partial charge >= 0.3 is 5.76 Å². The lowest BCUT2D eigenvalue weighted by atomic mass is 10.1. The predicted molar refractivity (Wildman–Crippen MR) is 66.9 cm³/mol. The third-order valence-electron chi connectivity index (χ3n) is 2.10. The van der Waals surface area contributed by atoms with Crippen molar-refractivity contribution in [1.29, 1.82) is 0 Å². The van der Waals surface area contributed by atoms with Crippen LogP contribution in [0.5, 0.6) is 0 Å². The maximum absolute atomic E-state index is 9.85. The molecule has 0 unspecified atom stereocenters. The Morgan fingerprint density at radius 3 is 1.59 bits per heavy atom. The summed E-state index contributed by atoms with van der Waals surface area (Å²) in [5, 5.41) is 2.62. The van der Waals surface area contributed by atoms with E-state index in [0.29, 0.717) is 0 Å². The summed E-state index contributed by atoms with van der Waals surface area (Å²) in [6.45, 7) is 0. The third-order valence-corrected chi connectivity index (χ3v) is 2.10. The molecule has 4 heteroatoms. The van der Waals surface area contributed by atoms with Gasteiger partial charge in [0.1, 0.15) is 6.26 Å². The number of hydrogen-bond donors (Lipinski definition) is 1. The van der Waals surface area contributed by atoms with Gasteiger partial charge in [-0.05, 0) is 10.8 Å². The number of nitrogens with one attached hydrogen (secondary N) is 1. The van der Waals surface area contributed by atoms with Crippen molar-refractivity contribution >= 4 is 10.8 Å². The number of fused-ring (bicyclic) bond motifs is 1. The Morgan fingerprint density at radius 1 is 0.882 bits per heavy atom. The van der Waals surface area contributed by atoms with Gasteiger partial charge in [0.05, 0.1) is 0 Å². The summed E-state index contributed by atoms with van der Waals surface area (Å²) < 4.78 is 4.22. The van der Waals surface area contributed by atoms with E-state index in [1.165, 1.54) is 23.2 Å². The fourth-order valence-corrected chi connectivity index (χ4v) is 1.36. The zero-order chi connectivity index (χ0) is 11.2. The van der Waals surface area contributed by atoms with Crippen molar-refractivity contribution in [2.75, 3.05) is 0 Å². The second-order valence-electron chi connectivity index (χ2n) is 3.20. The lowest BCUT2D eigenvalue weighted by molar-refractivity contribution is 0.515. The molecule has 0 saturated heterocycles. The van der Waals surface area contributed by atoms with Crippen LogP contribution in [-0.4, -0.2) is 10.5 Å². The van der Waals surface area contributed by atoms with Gasteiger partial charge in [0.25, 0.3) is 0 Å². The predicted octanol–water partition coefficient (Wildman–Crippen LogP) is 1.98. The number of benzene rings is 2. The first kappa shape index (κ1) is 12.7. The molecule has 0 bridgehead atoms. The van der Waals surface area contributed by atoms with E-state index >= 15 is 0 Å². The summed E-state index contributed by atoms with van der Waals surface area (Å²) in [4.78, 5) is 12.1. The average molecular weight is 231 g/mol. The third kappa shape index (κ3) is 3.62. The zero-order valence-corrected chi connectivity index (χ0v) is 9.09. The minimum absolute atomic E-state index is 0. The molecule has 0 aliphatic carbocycles. The summed E-state index contributed by atoms with van der Waals surface area (Å²) in [5.74, 6) is -0.407. The first-order valence-corrected chi connectivity index (χ1v) is 4.92. The van der Waals surface area contributed by atoms with E-state index in [0.717, 1.165) is 0 Å². The number of aromatic nitrogens is 1. The molecule has 0 saturated carbocycles. The van der Waals surface area contributed by atoms with Gasteiger partial charge in [0.2, 0.25) is 0 Å². The van der Waals surface area contributed by atoms with Crippen molar-refractivity contribution in [3.05, 3.63) is 71.5 Å². The highest BCUT2D eigenvalue weighted by molar-refractivity contribution is 5.81. The van der Waals surface area contributed by atoms with E-state index in [1.807, 2.05) is 0 Å². The monoisotopic (exact) mass is 231 g/mol. The van der Waals surface area contributed by atoms with Gasteiger partial charge in [-0.1, -0.05) is 48.5 Å². The van der Waals surface area contributed by atoms with Crippen molar-refractivity contribution in [2.45, 2.75) is 0 Å². The zero-order valence-electron chi connectivity index (χ0n) is 9.09. The van der Waals surface area contributed by atoms with Crippen molar-refractivity contribution in [1.82, 2.24) is 4.98 Å². The number of aromatic amines is 1. The van der Waals surface area contributed by atoms with Crippen LogP contribution in [0, 0.1) is 0 Å². The molecule has 88 valence electrons. The molecule has 4 nitrogen and oxygen atoms in total. The van der Waals surface area contributed by atoms with E-state index in [9.17, 15) is 4.79 Å². The molecule has 0 amide bonds. The fraction of sp³-hybridized carbons (Fsp3) is 0. The van der Waals surface area contributed by atoms with Crippen molar-refractivity contribution in [2.24, 2.45) is 0 Å². The van der Waals surface area contributed by atoms with Crippen molar-refractivity contribution in [3.8, 4) is 0 Å². The maximum atomic E-state index is 9.85. The summed E-state index contributed by atoms with van der Waals surface area (Å²) >= 11 is 0. The SMILES string of the molecule is O.O=c1[nH]cco1.c1ccc2ccccc2c1. The Labute approximate surface area is 97.8 Å². The summed E-state index contributed by atoms with van der Waals surface area (Å²) in [5.41, 5.74) is 0. The Bertz CT molecular complexity index is 531. The van der Waals surface area contributed by atoms with E-state index in [-0.39, 0.29) is 5.48 Å². The first-order chi connectivity index (χ1) is 7.86. The molecule has 3 rings (SSSR count). The molecule has 3 N–H and O–H groups in total. The number of hydrogen-bond acceptors (Lipinski definition) is 2. The standard InChI is InChI=1S/C10H8.C3H3NO2.H2O/c1-2-6-10-8-4-3-7-9(10)5-1;5-3-4-1-2-6-3;/h1-8H;1-2H,(H,4,5);1H2. The summed E-state index contributed by atoms with van der Waals surface area (Å²) in [6.07, 6.45) is 2.73. The van der Waals surface area contributed by atoms with Crippen LogP contribution in [0.2, 0.25) is 0 Å². The molecule has 0 aliphatic heterocycles. The Kier molecular flexibility index (Phi) is 4.72. The van der Waals surface area contributed by atoms with E-state index in [2.05, 4.69) is 57.9 Å². The molecular weight excluding hydrogens is 218 g/mol. The highest BCUT2D eigenvalue weighted by atomic mass is 16.4. The molecule has 2 aromatic carbocycles. The second kappa shape index (κ2) is 6.30.